The molecule has 0 aliphatic carbocycles. The van der Waals surface area contributed by atoms with Crippen molar-refractivity contribution >= 4 is 15.9 Å². The van der Waals surface area contributed by atoms with E-state index >= 15 is 0 Å². The first-order valence-electron chi connectivity index (χ1n) is 4.15. The SMILES string of the molecule is CNC(C)(C)c1cc(O)ccc1Br. The second kappa shape index (κ2) is 3.68. The van der Waals surface area contributed by atoms with Gasteiger partial charge in [-0.1, -0.05) is 15.9 Å². The number of phenolic OH excluding ortho intramolecular Hbond substituents is 1. The summed E-state index contributed by atoms with van der Waals surface area (Å²) in [6.45, 7) is 4.12. The minimum atomic E-state index is -0.141. The van der Waals surface area contributed by atoms with Crippen molar-refractivity contribution in [1.29, 1.82) is 0 Å². The minimum Gasteiger partial charge on any atom is -0.508 e. The van der Waals surface area contributed by atoms with Crippen LogP contribution in [-0.4, -0.2) is 12.2 Å². The minimum absolute atomic E-state index is 0.141. The quantitative estimate of drug-likeness (QED) is 0.838. The third kappa shape index (κ3) is 2.23. The van der Waals surface area contributed by atoms with E-state index in [-0.39, 0.29) is 5.54 Å². The molecular formula is C10H14BrNO. The Hall–Kier alpha value is -0.540. The number of nitrogens with one attached hydrogen (secondary N) is 1. The molecule has 0 saturated carbocycles. The predicted octanol–water partition coefficient (Wildman–Crippen LogP) is 2.61. The summed E-state index contributed by atoms with van der Waals surface area (Å²) in [6, 6.07) is 5.28. The fourth-order valence-corrected chi connectivity index (χ4v) is 1.87. The van der Waals surface area contributed by atoms with Gasteiger partial charge in [-0.15, -0.1) is 0 Å². The van der Waals surface area contributed by atoms with Crippen molar-refractivity contribution in [2.75, 3.05) is 7.05 Å². The predicted molar refractivity (Wildman–Crippen MR) is 57.9 cm³/mol. The molecule has 0 bridgehead atoms. The van der Waals surface area contributed by atoms with Gasteiger partial charge in [-0.25, -0.2) is 0 Å². The van der Waals surface area contributed by atoms with E-state index in [1.807, 2.05) is 13.1 Å². The second-order valence-corrected chi connectivity index (χ2v) is 4.39. The van der Waals surface area contributed by atoms with E-state index in [4.69, 9.17) is 0 Å². The lowest BCUT2D eigenvalue weighted by Gasteiger charge is -2.26. The average molecular weight is 244 g/mol. The van der Waals surface area contributed by atoms with Crippen LogP contribution in [0.5, 0.6) is 5.75 Å². The molecule has 1 aromatic carbocycles. The van der Waals surface area contributed by atoms with Crippen LogP contribution in [0.3, 0.4) is 0 Å². The van der Waals surface area contributed by atoms with Gasteiger partial charge in [-0.2, -0.15) is 0 Å². The normalized spacial score (nSPS) is 11.7. The molecule has 1 rings (SSSR count). The molecule has 0 saturated heterocycles. The van der Waals surface area contributed by atoms with Crippen molar-refractivity contribution in [3.63, 3.8) is 0 Å². The summed E-state index contributed by atoms with van der Waals surface area (Å²) >= 11 is 3.46. The zero-order valence-electron chi connectivity index (χ0n) is 8.06. The molecule has 0 aliphatic rings. The Labute approximate surface area is 87.1 Å². The third-order valence-electron chi connectivity index (χ3n) is 2.25. The average Bonchev–Trinajstić information content (AvgIpc) is 2.09. The van der Waals surface area contributed by atoms with E-state index in [9.17, 15) is 5.11 Å². The molecular weight excluding hydrogens is 230 g/mol. The van der Waals surface area contributed by atoms with E-state index in [1.165, 1.54) is 0 Å². The summed E-state index contributed by atoms with van der Waals surface area (Å²) in [5.74, 6) is 0.293. The van der Waals surface area contributed by atoms with Gasteiger partial charge in [0.15, 0.2) is 0 Å². The molecule has 0 spiro atoms. The van der Waals surface area contributed by atoms with Gasteiger partial charge in [0.2, 0.25) is 0 Å². The van der Waals surface area contributed by atoms with Crippen LogP contribution >= 0.6 is 15.9 Å². The van der Waals surface area contributed by atoms with E-state index in [0.29, 0.717) is 5.75 Å². The number of phenols is 1. The first kappa shape index (κ1) is 10.5. The van der Waals surface area contributed by atoms with Crippen LogP contribution in [0.1, 0.15) is 19.4 Å². The Morgan fingerprint density at radius 2 is 2.00 bits per heavy atom. The zero-order chi connectivity index (χ0) is 10.1. The Balaban J connectivity index is 3.20. The van der Waals surface area contributed by atoms with Crippen LogP contribution in [-0.2, 0) is 5.54 Å². The van der Waals surface area contributed by atoms with Crippen molar-refractivity contribution in [2.24, 2.45) is 0 Å². The molecule has 72 valence electrons. The Morgan fingerprint density at radius 3 is 2.54 bits per heavy atom. The van der Waals surface area contributed by atoms with E-state index in [0.717, 1.165) is 10.0 Å². The lowest BCUT2D eigenvalue weighted by Crippen LogP contribution is -2.33. The molecule has 3 heteroatoms. The fraction of sp³-hybridized carbons (Fsp3) is 0.400. The van der Waals surface area contributed by atoms with Crippen LogP contribution in [0.25, 0.3) is 0 Å². The van der Waals surface area contributed by atoms with Crippen molar-refractivity contribution in [1.82, 2.24) is 5.32 Å². The second-order valence-electron chi connectivity index (χ2n) is 3.54. The monoisotopic (exact) mass is 243 g/mol. The molecule has 0 aromatic heterocycles. The number of hydrogen-bond donors (Lipinski definition) is 2. The van der Waals surface area contributed by atoms with Gasteiger partial charge in [0, 0.05) is 10.0 Å². The van der Waals surface area contributed by atoms with Gasteiger partial charge in [-0.05, 0) is 44.7 Å². The van der Waals surface area contributed by atoms with Crippen LogP contribution in [0.15, 0.2) is 22.7 Å². The molecule has 2 nitrogen and oxygen atoms in total. The molecule has 0 amide bonds. The van der Waals surface area contributed by atoms with Crippen molar-refractivity contribution in [3.05, 3.63) is 28.2 Å². The van der Waals surface area contributed by atoms with Gasteiger partial charge in [-0.3, -0.25) is 0 Å². The van der Waals surface area contributed by atoms with Crippen molar-refractivity contribution in [2.45, 2.75) is 19.4 Å². The molecule has 0 heterocycles. The van der Waals surface area contributed by atoms with Crippen LogP contribution < -0.4 is 5.32 Å². The Kier molecular flexibility index (Phi) is 2.98. The topological polar surface area (TPSA) is 32.3 Å². The maximum atomic E-state index is 9.35. The molecule has 0 unspecified atom stereocenters. The van der Waals surface area contributed by atoms with Gasteiger partial charge >= 0.3 is 0 Å². The van der Waals surface area contributed by atoms with Crippen LogP contribution in [0, 0.1) is 0 Å². The molecule has 0 radical (unpaired) electrons. The van der Waals surface area contributed by atoms with Crippen molar-refractivity contribution < 1.29 is 5.11 Å². The first-order valence-corrected chi connectivity index (χ1v) is 4.94. The molecule has 0 fully saturated rings. The Bertz CT molecular complexity index is 310. The summed E-state index contributed by atoms with van der Waals surface area (Å²) in [7, 11) is 1.90. The van der Waals surface area contributed by atoms with Gasteiger partial charge in [0.25, 0.3) is 0 Å². The molecule has 2 N–H and O–H groups in total. The molecule has 0 atom stereocenters. The van der Waals surface area contributed by atoms with Gasteiger partial charge < -0.3 is 10.4 Å². The Morgan fingerprint density at radius 1 is 1.38 bits per heavy atom. The maximum absolute atomic E-state index is 9.35. The number of benzene rings is 1. The third-order valence-corrected chi connectivity index (χ3v) is 2.94. The summed E-state index contributed by atoms with van der Waals surface area (Å²) in [4.78, 5) is 0. The largest absolute Gasteiger partial charge is 0.508 e. The van der Waals surface area contributed by atoms with E-state index in [1.54, 1.807) is 12.1 Å². The highest BCUT2D eigenvalue weighted by Gasteiger charge is 2.20. The van der Waals surface area contributed by atoms with Gasteiger partial charge in [0.1, 0.15) is 5.75 Å². The molecule has 13 heavy (non-hydrogen) atoms. The van der Waals surface area contributed by atoms with E-state index < -0.39 is 0 Å². The maximum Gasteiger partial charge on any atom is 0.116 e. The number of aromatic hydroxyl groups is 1. The number of halogens is 1. The summed E-state index contributed by atoms with van der Waals surface area (Å²) < 4.78 is 1.00. The molecule has 0 aliphatic heterocycles. The lowest BCUT2D eigenvalue weighted by atomic mass is 9.94. The summed E-state index contributed by atoms with van der Waals surface area (Å²) in [6.07, 6.45) is 0. The highest BCUT2D eigenvalue weighted by molar-refractivity contribution is 9.10. The molecule has 1 aromatic rings. The summed E-state index contributed by atoms with van der Waals surface area (Å²) in [5, 5.41) is 12.5. The number of rotatable bonds is 2. The highest BCUT2D eigenvalue weighted by atomic mass is 79.9. The van der Waals surface area contributed by atoms with Gasteiger partial charge in [0.05, 0.1) is 0 Å². The highest BCUT2D eigenvalue weighted by Crippen LogP contribution is 2.30. The standard InChI is InChI=1S/C10H14BrNO/c1-10(2,12-3)8-6-7(13)4-5-9(8)11/h4-6,12-13H,1-3H3. The fourth-order valence-electron chi connectivity index (χ4n) is 1.13. The lowest BCUT2D eigenvalue weighted by molar-refractivity contribution is 0.433. The van der Waals surface area contributed by atoms with E-state index in [2.05, 4.69) is 35.1 Å². The zero-order valence-corrected chi connectivity index (χ0v) is 9.64. The summed E-state index contributed by atoms with van der Waals surface area (Å²) in [5.41, 5.74) is 0.910. The van der Waals surface area contributed by atoms with Crippen LogP contribution in [0.4, 0.5) is 0 Å². The first-order chi connectivity index (χ1) is 5.97. The van der Waals surface area contributed by atoms with Crippen molar-refractivity contribution in [3.8, 4) is 5.75 Å². The number of hydrogen-bond acceptors (Lipinski definition) is 2. The smallest absolute Gasteiger partial charge is 0.116 e. The van der Waals surface area contributed by atoms with Crippen LogP contribution in [0.2, 0.25) is 0 Å².